The number of sulfonamides is 1. The molecule has 1 aromatic heterocycles. The van der Waals surface area contributed by atoms with Crippen molar-refractivity contribution in [2.45, 2.75) is 11.3 Å². The van der Waals surface area contributed by atoms with Gasteiger partial charge >= 0.3 is 0 Å². The fourth-order valence-electron chi connectivity index (χ4n) is 2.17. The van der Waals surface area contributed by atoms with E-state index in [-0.39, 0.29) is 18.1 Å². The lowest BCUT2D eigenvalue weighted by molar-refractivity contribution is -0.116. The number of anilines is 1. The fraction of sp³-hybridized carbons (Fsp3) is 0.125. The highest BCUT2D eigenvalue weighted by molar-refractivity contribution is 7.89. The third kappa shape index (κ3) is 4.21. The Morgan fingerprint density at radius 2 is 1.92 bits per heavy atom. The van der Waals surface area contributed by atoms with Crippen molar-refractivity contribution >= 4 is 42.6 Å². The predicted octanol–water partition coefficient (Wildman–Crippen LogP) is 2.88. The van der Waals surface area contributed by atoms with Gasteiger partial charge in [0.2, 0.25) is 15.9 Å². The Hall–Kier alpha value is -2.43. The summed E-state index contributed by atoms with van der Waals surface area (Å²) in [4.78, 5) is 15.6. The van der Waals surface area contributed by atoms with Crippen molar-refractivity contribution < 1.29 is 22.0 Å². The second-order valence-electron chi connectivity index (χ2n) is 5.26. The first-order chi connectivity index (χ1) is 12.3. The molecule has 136 valence electrons. The van der Waals surface area contributed by atoms with Gasteiger partial charge in [0.1, 0.15) is 16.5 Å². The number of nitrogens with zero attached hydrogens (tertiary/aromatic N) is 1. The number of carbonyl (C=O) groups is 1. The molecule has 1 heterocycles. The quantitative estimate of drug-likeness (QED) is 0.670. The van der Waals surface area contributed by atoms with Crippen molar-refractivity contribution in [3.63, 3.8) is 0 Å². The first-order valence-corrected chi connectivity index (χ1v) is 9.75. The van der Waals surface area contributed by atoms with Crippen LogP contribution in [0.1, 0.15) is 6.42 Å². The number of hydrogen-bond acceptors (Lipinski definition) is 5. The van der Waals surface area contributed by atoms with E-state index in [1.165, 1.54) is 30.3 Å². The maximum Gasteiger partial charge on any atom is 0.243 e. The van der Waals surface area contributed by atoms with E-state index in [1.54, 1.807) is 0 Å². The predicted molar refractivity (Wildman–Crippen MR) is 94.4 cm³/mol. The van der Waals surface area contributed by atoms with E-state index in [9.17, 15) is 22.0 Å². The highest BCUT2D eigenvalue weighted by Gasteiger charge is 2.18. The maximum atomic E-state index is 13.6. The Labute approximate surface area is 151 Å². The van der Waals surface area contributed by atoms with Gasteiger partial charge in [-0.2, -0.15) is 0 Å². The highest BCUT2D eigenvalue weighted by atomic mass is 32.2. The third-order valence-electron chi connectivity index (χ3n) is 3.37. The molecule has 0 radical (unpaired) electrons. The Morgan fingerprint density at radius 3 is 2.69 bits per heavy atom. The van der Waals surface area contributed by atoms with Crippen LogP contribution in [0.25, 0.3) is 10.2 Å². The van der Waals surface area contributed by atoms with Crippen LogP contribution >= 0.6 is 11.3 Å². The van der Waals surface area contributed by atoms with Crippen molar-refractivity contribution in [2.75, 3.05) is 11.9 Å². The first-order valence-electron chi connectivity index (χ1n) is 7.45. The van der Waals surface area contributed by atoms with Crippen molar-refractivity contribution in [3.8, 4) is 0 Å². The molecule has 0 aliphatic heterocycles. The van der Waals surface area contributed by atoms with Crippen molar-refractivity contribution in [2.24, 2.45) is 0 Å². The van der Waals surface area contributed by atoms with Gasteiger partial charge in [-0.05, 0) is 30.3 Å². The molecule has 0 spiro atoms. The number of thiazole rings is 1. The molecule has 2 aromatic carbocycles. The number of halogens is 2. The molecule has 0 saturated carbocycles. The molecule has 0 aliphatic carbocycles. The second kappa shape index (κ2) is 7.44. The molecule has 0 aliphatic rings. The van der Waals surface area contributed by atoms with Crippen LogP contribution in [0.2, 0.25) is 0 Å². The van der Waals surface area contributed by atoms with Gasteiger partial charge in [0.15, 0.2) is 5.13 Å². The fourth-order valence-corrected chi connectivity index (χ4v) is 4.19. The SMILES string of the molecule is O=C(CCNS(=O)(=O)c1ccccc1F)Nc1nc2ccc(F)cc2s1. The van der Waals surface area contributed by atoms with Gasteiger partial charge in [0, 0.05) is 13.0 Å². The van der Waals surface area contributed by atoms with E-state index in [0.717, 1.165) is 23.5 Å². The number of benzene rings is 2. The van der Waals surface area contributed by atoms with Crippen LogP contribution in [-0.4, -0.2) is 25.9 Å². The van der Waals surface area contributed by atoms with E-state index in [0.29, 0.717) is 10.2 Å². The standard InChI is InChI=1S/C16H13F2N3O3S2/c17-10-5-6-12-13(9-10)25-16(20-12)21-15(22)7-8-19-26(23,24)14-4-2-1-3-11(14)18/h1-6,9,19H,7-8H2,(H,20,21,22). The molecule has 10 heteroatoms. The summed E-state index contributed by atoms with van der Waals surface area (Å²) in [5, 5.41) is 2.81. The Bertz CT molecular complexity index is 1070. The number of rotatable bonds is 6. The van der Waals surface area contributed by atoms with Gasteiger partial charge in [-0.3, -0.25) is 4.79 Å². The normalized spacial score (nSPS) is 11.6. The number of fused-ring (bicyclic) bond motifs is 1. The molecule has 2 N–H and O–H groups in total. The maximum absolute atomic E-state index is 13.6. The van der Waals surface area contributed by atoms with Gasteiger partial charge in [0.25, 0.3) is 0 Å². The van der Waals surface area contributed by atoms with Crippen LogP contribution in [-0.2, 0) is 14.8 Å². The lowest BCUT2D eigenvalue weighted by Crippen LogP contribution is -2.28. The van der Waals surface area contributed by atoms with E-state index >= 15 is 0 Å². The van der Waals surface area contributed by atoms with Gasteiger partial charge in [-0.15, -0.1) is 0 Å². The zero-order chi connectivity index (χ0) is 18.7. The minimum atomic E-state index is -4.04. The first kappa shape index (κ1) is 18.4. The van der Waals surface area contributed by atoms with Crippen LogP contribution in [0.4, 0.5) is 13.9 Å². The summed E-state index contributed by atoms with van der Waals surface area (Å²) in [7, 11) is -4.04. The minimum Gasteiger partial charge on any atom is -0.302 e. The smallest absolute Gasteiger partial charge is 0.243 e. The Kier molecular flexibility index (Phi) is 5.25. The van der Waals surface area contributed by atoms with Gasteiger partial charge in [-0.25, -0.2) is 26.9 Å². The van der Waals surface area contributed by atoms with E-state index in [4.69, 9.17) is 0 Å². The van der Waals surface area contributed by atoms with Crippen molar-refractivity contribution in [1.82, 2.24) is 9.71 Å². The number of amides is 1. The lowest BCUT2D eigenvalue weighted by Gasteiger charge is -2.07. The lowest BCUT2D eigenvalue weighted by atomic mass is 10.3. The molecule has 6 nitrogen and oxygen atoms in total. The van der Waals surface area contributed by atoms with Crippen LogP contribution in [0.5, 0.6) is 0 Å². The average molecular weight is 397 g/mol. The van der Waals surface area contributed by atoms with Crippen LogP contribution in [0, 0.1) is 11.6 Å². The number of aromatic nitrogens is 1. The zero-order valence-corrected chi connectivity index (χ0v) is 14.8. The topological polar surface area (TPSA) is 88.2 Å². The van der Waals surface area contributed by atoms with Crippen LogP contribution in [0.3, 0.4) is 0 Å². The molecule has 3 rings (SSSR count). The van der Waals surface area contributed by atoms with Crippen molar-refractivity contribution in [3.05, 3.63) is 54.1 Å². The Balaban J connectivity index is 1.57. The number of carbonyl (C=O) groups excluding carboxylic acids is 1. The average Bonchev–Trinajstić information content (AvgIpc) is 2.96. The summed E-state index contributed by atoms with van der Waals surface area (Å²) < 4.78 is 53.5. The molecular weight excluding hydrogens is 384 g/mol. The second-order valence-corrected chi connectivity index (χ2v) is 8.02. The molecule has 0 atom stereocenters. The molecule has 3 aromatic rings. The highest BCUT2D eigenvalue weighted by Crippen LogP contribution is 2.26. The summed E-state index contributed by atoms with van der Waals surface area (Å²) in [6.07, 6.45) is -0.169. The largest absolute Gasteiger partial charge is 0.302 e. The van der Waals surface area contributed by atoms with Crippen molar-refractivity contribution in [1.29, 1.82) is 0 Å². The molecule has 1 amide bonds. The summed E-state index contributed by atoms with van der Waals surface area (Å²) in [6.45, 7) is -0.206. The molecule has 0 saturated heterocycles. The van der Waals surface area contributed by atoms with Crippen LogP contribution < -0.4 is 10.0 Å². The number of hydrogen-bond donors (Lipinski definition) is 2. The monoisotopic (exact) mass is 397 g/mol. The van der Waals surface area contributed by atoms with E-state index in [1.807, 2.05) is 0 Å². The van der Waals surface area contributed by atoms with Gasteiger partial charge in [0.05, 0.1) is 10.2 Å². The van der Waals surface area contributed by atoms with Gasteiger partial charge in [-0.1, -0.05) is 23.5 Å². The number of nitrogens with one attached hydrogen (secondary N) is 2. The van der Waals surface area contributed by atoms with Gasteiger partial charge < -0.3 is 5.32 Å². The molecule has 0 bridgehead atoms. The van der Waals surface area contributed by atoms with E-state index < -0.39 is 32.5 Å². The summed E-state index contributed by atoms with van der Waals surface area (Å²) >= 11 is 1.11. The Morgan fingerprint density at radius 1 is 1.15 bits per heavy atom. The molecule has 26 heavy (non-hydrogen) atoms. The minimum absolute atomic E-state index is 0.169. The van der Waals surface area contributed by atoms with E-state index in [2.05, 4.69) is 15.0 Å². The third-order valence-corrected chi connectivity index (χ3v) is 5.80. The summed E-state index contributed by atoms with van der Waals surface area (Å²) in [5.41, 5.74) is 0.548. The summed E-state index contributed by atoms with van der Waals surface area (Å²) in [5.74, 6) is -1.74. The molecular formula is C16H13F2N3O3S2. The van der Waals surface area contributed by atoms with Crippen LogP contribution in [0.15, 0.2) is 47.4 Å². The summed E-state index contributed by atoms with van der Waals surface area (Å²) in [6, 6.07) is 9.04. The molecule has 0 unspecified atom stereocenters. The molecule has 0 fully saturated rings. The zero-order valence-electron chi connectivity index (χ0n) is 13.2.